The van der Waals surface area contributed by atoms with Gasteiger partial charge in [-0.2, -0.15) is 18.3 Å². The molecule has 2 atom stereocenters. The van der Waals surface area contributed by atoms with Crippen molar-refractivity contribution in [1.82, 2.24) is 24.8 Å². The second kappa shape index (κ2) is 10.9. The Hall–Kier alpha value is -3.17. The van der Waals surface area contributed by atoms with Gasteiger partial charge in [0.15, 0.2) is 0 Å². The number of fused-ring (bicyclic) bond motifs is 1. The van der Waals surface area contributed by atoms with Crippen molar-refractivity contribution in [3.05, 3.63) is 45.5 Å². The molecule has 3 aromatic rings. The summed E-state index contributed by atoms with van der Waals surface area (Å²) in [6, 6.07) is 4.31. The molecule has 4 heterocycles. The van der Waals surface area contributed by atoms with E-state index in [1.54, 1.807) is 17.5 Å². The highest BCUT2D eigenvalue weighted by Crippen LogP contribution is 2.29. The molecule has 0 aliphatic carbocycles. The Kier molecular flexibility index (Phi) is 7.99. The van der Waals surface area contributed by atoms with Crippen molar-refractivity contribution in [1.29, 1.82) is 0 Å². The van der Waals surface area contributed by atoms with E-state index in [1.165, 1.54) is 21.9 Å². The molecule has 2 N–H and O–H groups in total. The molecule has 7 nitrogen and oxygen atoms in total. The molecular formula is C26H30F4N6OS. The van der Waals surface area contributed by atoms with Crippen LogP contribution in [0, 0.1) is 11.8 Å². The minimum absolute atomic E-state index is 0.0466. The van der Waals surface area contributed by atoms with Gasteiger partial charge in [-0.3, -0.25) is 4.79 Å². The molecule has 0 aromatic carbocycles. The number of hydrogen-bond acceptors (Lipinski definition) is 6. The van der Waals surface area contributed by atoms with Gasteiger partial charge in [0.05, 0.1) is 29.5 Å². The van der Waals surface area contributed by atoms with Crippen LogP contribution in [0.3, 0.4) is 0 Å². The molecule has 1 aliphatic rings. The molecule has 0 saturated carbocycles. The van der Waals surface area contributed by atoms with Gasteiger partial charge < -0.3 is 15.5 Å². The fourth-order valence-electron chi connectivity index (χ4n) is 4.18. The summed E-state index contributed by atoms with van der Waals surface area (Å²) in [6.45, 7) is 6.87. The van der Waals surface area contributed by atoms with Crippen molar-refractivity contribution in [2.45, 2.75) is 57.4 Å². The molecule has 0 spiro atoms. The van der Waals surface area contributed by atoms with Crippen LogP contribution in [0.5, 0.6) is 0 Å². The number of piperidine rings is 1. The summed E-state index contributed by atoms with van der Waals surface area (Å²) in [7, 11) is 1.84. The Morgan fingerprint density at radius 2 is 2.03 bits per heavy atom. The van der Waals surface area contributed by atoms with Crippen LogP contribution in [0.4, 0.5) is 23.4 Å². The molecule has 1 saturated heterocycles. The lowest BCUT2D eigenvalue weighted by Crippen LogP contribution is -2.46. The van der Waals surface area contributed by atoms with E-state index >= 15 is 0 Å². The van der Waals surface area contributed by atoms with Gasteiger partial charge in [0, 0.05) is 29.4 Å². The number of thiazole rings is 1. The number of halogens is 4. The first-order valence-electron chi connectivity index (χ1n) is 12.2. The molecule has 1 amide bonds. The molecular weight excluding hydrogens is 520 g/mol. The van der Waals surface area contributed by atoms with E-state index in [0.29, 0.717) is 18.8 Å². The first-order chi connectivity index (χ1) is 17.8. The second-order valence-corrected chi connectivity index (χ2v) is 11.3. The van der Waals surface area contributed by atoms with Crippen molar-refractivity contribution in [2.24, 2.45) is 0 Å². The van der Waals surface area contributed by atoms with Crippen molar-refractivity contribution in [2.75, 3.05) is 32.0 Å². The fraction of sp³-hybridized carbons (Fsp3) is 0.500. The van der Waals surface area contributed by atoms with Crippen LogP contribution in [0.2, 0.25) is 0 Å². The van der Waals surface area contributed by atoms with Gasteiger partial charge in [-0.1, -0.05) is 32.8 Å². The van der Waals surface area contributed by atoms with E-state index in [4.69, 9.17) is 0 Å². The Bertz CT molecular complexity index is 1360. The highest BCUT2D eigenvalue weighted by molar-refractivity contribution is 7.10. The molecule has 12 heteroatoms. The lowest BCUT2D eigenvalue weighted by molar-refractivity contribution is -0.127. The summed E-state index contributed by atoms with van der Waals surface area (Å²) >= 11 is 1.39. The number of alkyl halides is 4. The van der Waals surface area contributed by atoms with Crippen LogP contribution in [-0.2, 0) is 11.8 Å². The second-order valence-electron chi connectivity index (χ2n) is 10.4. The molecule has 1 aliphatic heterocycles. The molecule has 0 unspecified atom stereocenters. The first-order valence-corrected chi connectivity index (χ1v) is 13.1. The van der Waals surface area contributed by atoms with Crippen LogP contribution < -0.4 is 10.6 Å². The average molecular weight is 551 g/mol. The van der Waals surface area contributed by atoms with E-state index < -0.39 is 30.7 Å². The van der Waals surface area contributed by atoms with E-state index in [0.717, 1.165) is 5.01 Å². The van der Waals surface area contributed by atoms with Gasteiger partial charge in [0.25, 0.3) is 5.91 Å². The highest BCUT2D eigenvalue weighted by atomic mass is 32.1. The maximum atomic E-state index is 14.6. The Balaban J connectivity index is 1.55. The topological polar surface area (TPSA) is 74.6 Å². The smallest absolute Gasteiger partial charge is 0.364 e. The zero-order valence-corrected chi connectivity index (χ0v) is 22.4. The third-order valence-electron chi connectivity index (χ3n) is 6.14. The third-order valence-corrected chi connectivity index (χ3v) is 7.41. The maximum absolute atomic E-state index is 14.6. The van der Waals surface area contributed by atoms with Gasteiger partial charge in [-0.15, -0.1) is 11.3 Å². The summed E-state index contributed by atoms with van der Waals surface area (Å²) in [5, 5.41) is 12.6. The van der Waals surface area contributed by atoms with Crippen LogP contribution >= 0.6 is 11.3 Å². The predicted octanol–water partition coefficient (Wildman–Crippen LogP) is 4.43. The van der Waals surface area contributed by atoms with Gasteiger partial charge in [-0.05, 0) is 31.5 Å². The summed E-state index contributed by atoms with van der Waals surface area (Å²) in [6.07, 6.45) is -6.28. The maximum Gasteiger partial charge on any atom is 0.393 e. The minimum Gasteiger partial charge on any atom is -0.364 e. The van der Waals surface area contributed by atoms with Crippen LogP contribution in [-0.4, -0.2) is 70.5 Å². The number of nitrogens with zero attached hydrogens (tertiary/aromatic N) is 4. The van der Waals surface area contributed by atoms with Crippen molar-refractivity contribution >= 4 is 28.6 Å². The van der Waals surface area contributed by atoms with Crippen molar-refractivity contribution in [3.8, 4) is 11.8 Å². The average Bonchev–Trinajstić information content (AvgIpc) is 3.44. The van der Waals surface area contributed by atoms with E-state index in [-0.39, 0.29) is 41.0 Å². The molecule has 1 fully saturated rings. The first kappa shape index (κ1) is 27.9. The summed E-state index contributed by atoms with van der Waals surface area (Å²) in [5.41, 5.74) is 0.195. The Morgan fingerprint density at radius 3 is 2.68 bits per heavy atom. The number of aromatic nitrogens is 3. The molecule has 4 rings (SSSR count). The van der Waals surface area contributed by atoms with Crippen molar-refractivity contribution < 1.29 is 22.4 Å². The minimum atomic E-state index is -4.48. The number of carbonyl (C=O) groups excluding carboxylic acids is 1. The monoisotopic (exact) mass is 550 g/mol. The van der Waals surface area contributed by atoms with Crippen LogP contribution in [0.1, 0.15) is 53.9 Å². The van der Waals surface area contributed by atoms with Crippen LogP contribution in [0.25, 0.3) is 5.52 Å². The number of anilines is 1. The zero-order valence-electron chi connectivity index (χ0n) is 21.6. The molecule has 3 aromatic heterocycles. The third kappa shape index (κ3) is 6.63. The zero-order chi connectivity index (χ0) is 27.7. The van der Waals surface area contributed by atoms with Crippen molar-refractivity contribution in [3.63, 3.8) is 0 Å². The van der Waals surface area contributed by atoms with E-state index in [2.05, 4.69) is 32.6 Å². The normalized spacial score (nSPS) is 18.7. The quantitative estimate of drug-likeness (QED) is 0.363. The Morgan fingerprint density at radius 1 is 1.26 bits per heavy atom. The van der Waals surface area contributed by atoms with Gasteiger partial charge >= 0.3 is 6.18 Å². The molecule has 0 bridgehead atoms. The van der Waals surface area contributed by atoms with Gasteiger partial charge in [-0.25, -0.2) is 13.9 Å². The largest absolute Gasteiger partial charge is 0.393 e. The number of nitrogens with one attached hydrogen (secondary N) is 2. The number of likely N-dealkylation sites (tertiary alicyclic amines) is 1. The molecule has 0 radical (unpaired) electrons. The lowest BCUT2D eigenvalue weighted by atomic mass is 9.98. The number of pyridine rings is 1. The Labute approximate surface area is 222 Å². The summed E-state index contributed by atoms with van der Waals surface area (Å²) in [4.78, 5) is 18.7. The highest BCUT2D eigenvalue weighted by Gasteiger charge is 2.32. The summed E-state index contributed by atoms with van der Waals surface area (Å²) < 4.78 is 56.3. The number of hydrogen-bond donors (Lipinski definition) is 2. The number of carbonyl (C=O) groups is 1. The van der Waals surface area contributed by atoms with Gasteiger partial charge in [0.2, 0.25) is 0 Å². The SMILES string of the molecule is CN1CC[C@@H](Nc2cccc3c(CC(F)(F)F)c(C#CCNC(=O)c4csc(C(C)(C)C)n4)nn23)[C@@H](F)C1. The molecule has 38 heavy (non-hydrogen) atoms. The van der Waals surface area contributed by atoms with E-state index in [9.17, 15) is 22.4 Å². The number of rotatable bonds is 5. The summed E-state index contributed by atoms with van der Waals surface area (Å²) in [5.74, 6) is 5.36. The standard InChI is InChI=1S/C26H30F4N6OS/c1-25(2,3)24-33-20(15-38-24)23(37)31-11-6-7-18-16(13-26(28,29)30)21-8-5-9-22(36(21)34-18)32-19-10-12-35(4)14-17(19)27/h5,8-9,15,17,19,32H,10-14H2,1-4H3,(H,31,37)/t17-,19+/m0/s1. The van der Waals surface area contributed by atoms with E-state index in [1.807, 2.05) is 32.7 Å². The van der Waals surface area contributed by atoms with Gasteiger partial charge in [0.1, 0.15) is 23.4 Å². The lowest BCUT2D eigenvalue weighted by Gasteiger charge is -2.33. The molecule has 204 valence electrons. The van der Waals surface area contributed by atoms with Crippen LogP contribution in [0.15, 0.2) is 23.6 Å². The predicted molar refractivity (Wildman–Crippen MR) is 139 cm³/mol. The fourth-order valence-corrected chi connectivity index (χ4v) is 5.07. The number of amides is 1.